The molecule has 0 aliphatic rings. The van der Waals surface area contributed by atoms with Gasteiger partial charge in [0.25, 0.3) is 0 Å². The molecule has 0 aliphatic carbocycles. The zero-order valence-electron chi connectivity index (χ0n) is 66.3. The Morgan fingerprint density at radius 3 is 0.792 bits per heavy atom. The monoisotopic (exact) mass is 1530 g/mol. The first kappa shape index (κ1) is 101. The third kappa shape index (κ3) is 77.1. The van der Waals surface area contributed by atoms with Gasteiger partial charge >= 0.3 is 39.5 Å². The molecule has 0 fully saturated rings. The molecule has 606 valence electrons. The molecule has 0 amide bonds. The molecule has 0 saturated heterocycles. The lowest BCUT2D eigenvalue weighted by Gasteiger charge is -2.21. The number of phosphoric ester groups is 2. The molecule has 5 unspecified atom stereocenters. The van der Waals surface area contributed by atoms with Gasteiger partial charge in [-0.1, -0.05) is 276 Å². The average Bonchev–Trinajstić information content (AvgIpc) is 0.933. The van der Waals surface area contributed by atoms with E-state index in [1.165, 1.54) is 44.9 Å². The minimum atomic E-state index is -5.00. The number of hydrogen-bond acceptors (Lipinski definition) is 15. The quantitative estimate of drug-likeness (QED) is 0.0169. The standard InChI is InChI=1S/C87H146O17P2/c1-5-9-13-17-21-25-29-33-36-38-40-42-45-48-51-55-59-63-67-71-84(89)97-77-82(103-86(91)73-69-65-61-57-53-47-32-28-24-20-16-12-8-4)79-101-105(93,94)99-75-81(88)76-100-106(95,96)102-80-83(104-87(92)74-70-66-62-58-54-50-44-35-31-27-23-19-15-11-7-3)78-98-85(90)72-68-64-60-56-52-49-46-43-41-39-37-34-30-26-22-18-14-10-6-2/h10-11,14-15,21-23,25-28,32-37,40-44,49,52,81-83,88H,5-9,12-13,16-20,24,29-31,38-39,45-48,50-51,53-80H2,1-4H3,(H,93,94)(H,95,96)/b14-10-,15-11-,25-21-,26-22-,27-23-,32-28-,36-33-,37-34-,42-40-,43-41-,44-35-,52-49-. The second-order valence-electron chi connectivity index (χ2n) is 26.9. The Labute approximate surface area is 643 Å². The third-order valence-electron chi connectivity index (χ3n) is 16.8. The molecule has 19 heteroatoms. The zero-order valence-corrected chi connectivity index (χ0v) is 68.1. The van der Waals surface area contributed by atoms with Crippen LogP contribution in [-0.4, -0.2) is 96.7 Å². The predicted molar refractivity (Wildman–Crippen MR) is 436 cm³/mol. The number of allylic oxidation sites excluding steroid dienone is 24. The molecule has 0 aromatic carbocycles. The second kappa shape index (κ2) is 78.1. The van der Waals surface area contributed by atoms with Gasteiger partial charge in [-0.2, -0.15) is 0 Å². The van der Waals surface area contributed by atoms with Gasteiger partial charge < -0.3 is 33.8 Å². The molecule has 3 N–H and O–H groups in total. The fourth-order valence-corrected chi connectivity index (χ4v) is 12.1. The molecular formula is C87H146O17P2. The van der Waals surface area contributed by atoms with Crippen molar-refractivity contribution in [3.8, 4) is 0 Å². The first-order valence-corrected chi connectivity index (χ1v) is 44.1. The Hall–Kier alpha value is -5.06. The number of aliphatic hydroxyl groups is 1. The Balaban J connectivity index is 5.41. The summed E-state index contributed by atoms with van der Waals surface area (Å²) >= 11 is 0. The molecule has 106 heavy (non-hydrogen) atoms. The van der Waals surface area contributed by atoms with Gasteiger partial charge in [-0.05, 0) is 167 Å². The van der Waals surface area contributed by atoms with Crippen molar-refractivity contribution in [1.29, 1.82) is 0 Å². The van der Waals surface area contributed by atoms with Gasteiger partial charge in [0.1, 0.15) is 19.3 Å². The van der Waals surface area contributed by atoms with Crippen molar-refractivity contribution in [2.24, 2.45) is 0 Å². The summed E-state index contributed by atoms with van der Waals surface area (Å²) in [6, 6.07) is 0. The van der Waals surface area contributed by atoms with E-state index in [1.807, 2.05) is 0 Å². The van der Waals surface area contributed by atoms with Crippen molar-refractivity contribution >= 4 is 39.5 Å². The van der Waals surface area contributed by atoms with Crippen molar-refractivity contribution in [2.45, 2.75) is 341 Å². The van der Waals surface area contributed by atoms with Crippen LogP contribution in [0, 0.1) is 0 Å². The summed E-state index contributed by atoms with van der Waals surface area (Å²) < 4.78 is 68.6. The number of hydrogen-bond donors (Lipinski definition) is 3. The fraction of sp³-hybridized carbons (Fsp3) is 0.678. The van der Waals surface area contributed by atoms with Crippen LogP contribution in [0.5, 0.6) is 0 Å². The molecule has 0 rings (SSSR count). The number of rotatable bonds is 76. The van der Waals surface area contributed by atoms with Gasteiger partial charge in [-0.15, -0.1) is 0 Å². The Kier molecular flexibility index (Phi) is 74.3. The number of phosphoric acid groups is 2. The maximum Gasteiger partial charge on any atom is 0.472 e. The van der Waals surface area contributed by atoms with Crippen molar-refractivity contribution < 1.29 is 80.2 Å². The minimum Gasteiger partial charge on any atom is -0.462 e. The molecule has 17 nitrogen and oxygen atoms in total. The summed E-state index contributed by atoms with van der Waals surface area (Å²) in [6.07, 6.45) is 89.6. The summed E-state index contributed by atoms with van der Waals surface area (Å²) in [5.74, 6) is -2.25. The molecule has 0 heterocycles. The van der Waals surface area contributed by atoms with Gasteiger partial charge in [0.2, 0.25) is 0 Å². The van der Waals surface area contributed by atoms with E-state index in [-0.39, 0.29) is 25.7 Å². The number of esters is 4. The van der Waals surface area contributed by atoms with Crippen LogP contribution in [0.25, 0.3) is 0 Å². The van der Waals surface area contributed by atoms with Crippen LogP contribution >= 0.6 is 15.6 Å². The van der Waals surface area contributed by atoms with E-state index in [0.717, 1.165) is 199 Å². The predicted octanol–water partition coefficient (Wildman–Crippen LogP) is 24.2. The smallest absolute Gasteiger partial charge is 0.462 e. The molecule has 5 atom stereocenters. The lowest BCUT2D eigenvalue weighted by molar-refractivity contribution is -0.161. The van der Waals surface area contributed by atoms with Crippen LogP contribution in [0.4, 0.5) is 0 Å². The highest BCUT2D eigenvalue weighted by molar-refractivity contribution is 7.47. The molecule has 0 radical (unpaired) electrons. The van der Waals surface area contributed by atoms with Crippen molar-refractivity contribution in [3.63, 3.8) is 0 Å². The molecule has 0 saturated carbocycles. The topological polar surface area (TPSA) is 237 Å². The molecule has 0 aromatic rings. The maximum atomic E-state index is 13.1. The molecule has 0 aromatic heterocycles. The van der Waals surface area contributed by atoms with Crippen LogP contribution < -0.4 is 0 Å². The summed E-state index contributed by atoms with van der Waals surface area (Å²) in [6.45, 7) is 4.54. The first-order valence-electron chi connectivity index (χ1n) is 41.1. The maximum absolute atomic E-state index is 13.1. The van der Waals surface area contributed by atoms with E-state index in [0.29, 0.717) is 25.7 Å². The van der Waals surface area contributed by atoms with Gasteiger partial charge in [0.15, 0.2) is 12.2 Å². The molecule has 0 bridgehead atoms. The fourth-order valence-electron chi connectivity index (χ4n) is 10.6. The van der Waals surface area contributed by atoms with Crippen LogP contribution in [0.1, 0.15) is 323 Å². The van der Waals surface area contributed by atoms with E-state index < -0.39 is 97.5 Å². The van der Waals surface area contributed by atoms with Crippen LogP contribution in [0.3, 0.4) is 0 Å². The largest absolute Gasteiger partial charge is 0.472 e. The lowest BCUT2D eigenvalue weighted by Crippen LogP contribution is -2.30. The van der Waals surface area contributed by atoms with Crippen LogP contribution in [0.2, 0.25) is 0 Å². The molecule has 0 spiro atoms. The Bertz CT molecular complexity index is 2580. The average molecular weight is 1530 g/mol. The number of ether oxygens (including phenoxy) is 4. The number of aliphatic hydroxyl groups excluding tert-OH is 1. The highest BCUT2D eigenvalue weighted by atomic mass is 31.2. The van der Waals surface area contributed by atoms with E-state index >= 15 is 0 Å². The summed E-state index contributed by atoms with van der Waals surface area (Å²) in [7, 11) is -9.99. The van der Waals surface area contributed by atoms with Gasteiger partial charge in [-0.3, -0.25) is 37.3 Å². The molecule has 0 aliphatic heterocycles. The van der Waals surface area contributed by atoms with Crippen LogP contribution in [0.15, 0.2) is 146 Å². The highest BCUT2D eigenvalue weighted by Crippen LogP contribution is 2.45. The van der Waals surface area contributed by atoms with Gasteiger partial charge in [-0.25, -0.2) is 9.13 Å². The van der Waals surface area contributed by atoms with E-state index in [1.54, 1.807) is 0 Å². The van der Waals surface area contributed by atoms with E-state index in [2.05, 4.69) is 174 Å². The Morgan fingerprint density at radius 2 is 0.491 bits per heavy atom. The SMILES string of the molecule is CC/C=C\C/C=C\C/C=C\C/C=C\C/C=C\CCCCCC(=O)OCC(COP(=O)(O)OCC(O)COP(=O)(O)OCC(COC(=O)CCCCCCCC/C=C\C/C=C\C/C=C\CCCCC)OC(=O)CCCCCCC/C=C\CCCCCC)OC(=O)CCCCCCC/C=C\C/C=C\C/C=C\CC. The minimum absolute atomic E-state index is 0.0634. The number of unbranched alkanes of at least 4 members (excludes halogenated alkanes) is 26. The second-order valence-corrected chi connectivity index (χ2v) is 29.8. The van der Waals surface area contributed by atoms with Crippen molar-refractivity contribution in [2.75, 3.05) is 39.6 Å². The van der Waals surface area contributed by atoms with Crippen LogP contribution in [-0.2, 0) is 65.4 Å². The van der Waals surface area contributed by atoms with Gasteiger partial charge in [0.05, 0.1) is 26.4 Å². The van der Waals surface area contributed by atoms with Crippen molar-refractivity contribution in [3.05, 3.63) is 146 Å². The first-order chi connectivity index (χ1) is 51.7. The lowest BCUT2D eigenvalue weighted by atomic mass is 10.1. The molecular weight excluding hydrogens is 1380 g/mol. The summed E-state index contributed by atoms with van der Waals surface area (Å²) in [5.41, 5.74) is 0. The van der Waals surface area contributed by atoms with Crippen molar-refractivity contribution in [1.82, 2.24) is 0 Å². The zero-order chi connectivity index (χ0) is 77.4. The third-order valence-corrected chi connectivity index (χ3v) is 18.7. The number of carbonyl (C=O) groups is 4. The normalized spacial score (nSPS) is 14.6. The Morgan fingerprint density at radius 1 is 0.274 bits per heavy atom. The summed E-state index contributed by atoms with van der Waals surface area (Å²) in [5, 5.41) is 10.7. The summed E-state index contributed by atoms with van der Waals surface area (Å²) in [4.78, 5) is 73.1. The van der Waals surface area contributed by atoms with Gasteiger partial charge in [0, 0.05) is 25.7 Å². The van der Waals surface area contributed by atoms with E-state index in [4.69, 9.17) is 37.0 Å². The van der Waals surface area contributed by atoms with E-state index in [9.17, 15) is 43.2 Å². The highest BCUT2D eigenvalue weighted by Gasteiger charge is 2.30. The number of carbonyl (C=O) groups excluding carboxylic acids is 4.